The van der Waals surface area contributed by atoms with Crippen LogP contribution in [-0.4, -0.2) is 74.4 Å². The minimum atomic E-state index is -1.41. The van der Waals surface area contributed by atoms with Gasteiger partial charge in [-0.25, -0.2) is 14.8 Å². The van der Waals surface area contributed by atoms with Gasteiger partial charge in [-0.15, -0.1) is 0 Å². The Bertz CT molecular complexity index is 1510. The van der Waals surface area contributed by atoms with Crippen molar-refractivity contribution in [2.24, 2.45) is 0 Å². The second kappa shape index (κ2) is 10.9. The van der Waals surface area contributed by atoms with Crippen LogP contribution in [0, 0.1) is 11.3 Å². The molecule has 11 heteroatoms. The molecule has 5 rings (SSSR count). The lowest BCUT2D eigenvalue weighted by atomic mass is 10.0. The van der Waals surface area contributed by atoms with Crippen LogP contribution in [0.3, 0.4) is 0 Å². The minimum absolute atomic E-state index is 0.161. The van der Waals surface area contributed by atoms with Crippen molar-refractivity contribution in [3.05, 3.63) is 47.7 Å². The number of amides is 1. The van der Waals surface area contributed by atoms with E-state index in [4.69, 9.17) is 14.7 Å². The Morgan fingerprint density at radius 1 is 1.18 bits per heavy atom. The second-order valence-electron chi connectivity index (χ2n) is 11.2. The zero-order valence-electron chi connectivity index (χ0n) is 23.3. The molecule has 1 amide bonds. The highest BCUT2D eigenvalue weighted by atomic mass is 32.2. The summed E-state index contributed by atoms with van der Waals surface area (Å²) in [6.07, 6.45) is 1.95. The fourth-order valence-corrected chi connectivity index (χ4v) is 5.86. The van der Waals surface area contributed by atoms with E-state index in [0.29, 0.717) is 45.0 Å². The van der Waals surface area contributed by atoms with E-state index in [0.717, 1.165) is 27.7 Å². The number of carbonyl (C=O) groups is 1. The summed E-state index contributed by atoms with van der Waals surface area (Å²) in [6.45, 7) is 7.92. The van der Waals surface area contributed by atoms with E-state index < -0.39 is 22.5 Å². The van der Waals surface area contributed by atoms with Gasteiger partial charge in [0.25, 0.3) is 0 Å². The highest BCUT2D eigenvalue weighted by molar-refractivity contribution is 7.84. The number of nitriles is 1. The number of fused-ring (bicyclic) bond motifs is 2. The third-order valence-corrected chi connectivity index (χ3v) is 7.88. The number of anilines is 2. The smallest absolute Gasteiger partial charge is 0.410 e. The van der Waals surface area contributed by atoms with Gasteiger partial charge in [0.2, 0.25) is 5.16 Å². The van der Waals surface area contributed by atoms with Crippen LogP contribution in [0.1, 0.15) is 38.4 Å². The highest BCUT2D eigenvalue weighted by Gasteiger charge is 2.36. The summed E-state index contributed by atoms with van der Waals surface area (Å²) in [5.74, 6) is 0.909. The Labute approximate surface area is 236 Å². The van der Waals surface area contributed by atoms with Gasteiger partial charge in [-0.1, -0.05) is 24.3 Å². The first-order chi connectivity index (χ1) is 19.0. The number of hydrogen-bond acceptors (Lipinski definition) is 9. The molecule has 0 radical (unpaired) electrons. The molecule has 10 nitrogen and oxygen atoms in total. The van der Waals surface area contributed by atoms with Crippen molar-refractivity contribution in [2.75, 3.05) is 42.2 Å². The number of benzene rings is 2. The number of nitrogens with zero attached hydrogens (tertiary/aromatic N) is 6. The van der Waals surface area contributed by atoms with Crippen molar-refractivity contribution in [3.8, 4) is 11.8 Å². The van der Waals surface area contributed by atoms with Gasteiger partial charge in [-0.05, 0) is 38.6 Å². The number of phenols is 1. The Kier molecular flexibility index (Phi) is 7.55. The Hall–Kier alpha value is -3.91. The van der Waals surface area contributed by atoms with Crippen LogP contribution in [0.15, 0.2) is 41.6 Å². The van der Waals surface area contributed by atoms with Crippen LogP contribution < -0.4 is 9.80 Å². The predicted octanol–water partition coefficient (Wildman–Crippen LogP) is 3.97. The lowest BCUT2D eigenvalue weighted by molar-refractivity contribution is 0.0144. The van der Waals surface area contributed by atoms with E-state index in [1.807, 2.05) is 45.0 Å². The number of hydrogen-bond donors (Lipinski definition) is 1. The molecular weight excluding hydrogens is 528 g/mol. The van der Waals surface area contributed by atoms with E-state index in [2.05, 4.69) is 15.9 Å². The summed E-state index contributed by atoms with van der Waals surface area (Å²) in [6, 6.07) is 13.3. The average Bonchev–Trinajstić information content (AvgIpc) is 2.90. The third-order valence-electron chi connectivity index (χ3n) is 7.18. The van der Waals surface area contributed by atoms with Gasteiger partial charge in [0.05, 0.1) is 41.6 Å². The van der Waals surface area contributed by atoms with Gasteiger partial charge in [0, 0.05) is 55.1 Å². The van der Waals surface area contributed by atoms with E-state index in [-0.39, 0.29) is 23.4 Å². The monoisotopic (exact) mass is 562 g/mol. The lowest BCUT2D eigenvalue weighted by Gasteiger charge is -2.42. The fourth-order valence-electron chi connectivity index (χ4n) is 5.41. The molecule has 1 N–H and O–H groups in total. The molecule has 0 saturated carbocycles. The number of phenolic OH excluding ortho intramolecular Hbond substituents is 1. The first-order valence-electron chi connectivity index (χ1n) is 13.4. The van der Waals surface area contributed by atoms with Crippen molar-refractivity contribution in [1.82, 2.24) is 14.9 Å². The first-order valence-corrected chi connectivity index (χ1v) is 14.9. The SMILES string of the molecule is CS(=O)c1nc2c(c(N3CCN(C(=O)OC(C)(C)C)C(CC#N)C3)n1)CCN(c1cc(O)cc3ccccc13)C2. The third kappa shape index (κ3) is 5.68. The van der Waals surface area contributed by atoms with Gasteiger partial charge < -0.3 is 24.5 Å². The van der Waals surface area contributed by atoms with E-state index in [1.54, 1.807) is 23.3 Å². The van der Waals surface area contributed by atoms with E-state index in [1.165, 1.54) is 0 Å². The number of aromatic hydroxyl groups is 1. The predicted molar refractivity (Wildman–Crippen MR) is 154 cm³/mol. The summed E-state index contributed by atoms with van der Waals surface area (Å²) < 4.78 is 18.2. The molecule has 2 unspecified atom stereocenters. The Morgan fingerprint density at radius 3 is 2.67 bits per heavy atom. The second-order valence-corrected chi connectivity index (χ2v) is 12.5. The van der Waals surface area contributed by atoms with Gasteiger partial charge in [-0.3, -0.25) is 4.21 Å². The van der Waals surface area contributed by atoms with Crippen LogP contribution in [0.25, 0.3) is 10.8 Å². The summed E-state index contributed by atoms with van der Waals surface area (Å²) in [5.41, 5.74) is 2.06. The molecule has 1 saturated heterocycles. The number of piperazine rings is 1. The van der Waals surface area contributed by atoms with Crippen molar-refractivity contribution in [1.29, 1.82) is 5.26 Å². The molecule has 1 fully saturated rings. The Morgan fingerprint density at radius 2 is 1.95 bits per heavy atom. The van der Waals surface area contributed by atoms with E-state index >= 15 is 0 Å². The quantitative estimate of drug-likeness (QED) is 0.471. The maximum absolute atomic E-state index is 12.9. The van der Waals surface area contributed by atoms with Crippen LogP contribution >= 0.6 is 0 Å². The van der Waals surface area contributed by atoms with Crippen LogP contribution in [0.2, 0.25) is 0 Å². The minimum Gasteiger partial charge on any atom is -0.508 e. The molecule has 40 heavy (non-hydrogen) atoms. The molecule has 0 bridgehead atoms. The summed E-state index contributed by atoms with van der Waals surface area (Å²) in [4.78, 5) is 28.2. The van der Waals surface area contributed by atoms with Gasteiger partial charge >= 0.3 is 6.09 Å². The number of carbonyl (C=O) groups excluding carboxylic acids is 1. The van der Waals surface area contributed by atoms with Crippen LogP contribution in [-0.2, 0) is 28.5 Å². The Balaban J connectivity index is 1.47. The van der Waals surface area contributed by atoms with Crippen LogP contribution in [0.5, 0.6) is 5.75 Å². The number of rotatable bonds is 4. The van der Waals surface area contributed by atoms with Crippen molar-refractivity contribution >= 4 is 39.2 Å². The topological polar surface area (TPSA) is 123 Å². The number of ether oxygens (including phenoxy) is 1. The molecule has 0 aliphatic carbocycles. The average molecular weight is 563 g/mol. The van der Waals surface area contributed by atoms with Crippen molar-refractivity contribution in [3.63, 3.8) is 0 Å². The molecule has 210 valence electrons. The largest absolute Gasteiger partial charge is 0.508 e. The van der Waals surface area contributed by atoms with Crippen molar-refractivity contribution in [2.45, 2.75) is 57.0 Å². The molecule has 1 aromatic heterocycles. The highest BCUT2D eigenvalue weighted by Crippen LogP contribution is 2.36. The molecule has 2 aromatic carbocycles. The molecule has 2 aliphatic heterocycles. The zero-order valence-corrected chi connectivity index (χ0v) is 24.1. The van der Waals surface area contributed by atoms with Gasteiger partial charge in [0.1, 0.15) is 17.2 Å². The summed E-state index contributed by atoms with van der Waals surface area (Å²) >= 11 is 0. The van der Waals surface area contributed by atoms with Gasteiger partial charge in [0.15, 0.2) is 0 Å². The maximum atomic E-state index is 12.9. The summed E-state index contributed by atoms with van der Waals surface area (Å²) in [5, 5.41) is 22.2. The van der Waals surface area contributed by atoms with Gasteiger partial charge in [-0.2, -0.15) is 5.26 Å². The molecule has 2 aliphatic rings. The maximum Gasteiger partial charge on any atom is 0.410 e. The first kappa shape index (κ1) is 27.6. The zero-order chi connectivity index (χ0) is 28.6. The van der Waals surface area contributed by atoms with Crippen molar-refractivity contribution < 1.29 is 18.8 Å². The van der Waals surface area contributed by atoms with Crippen LogP contribution in [0.4, 0.5) is 16.3 Å². The van der Waals surface area contributed by atoms with E-state index in [9.17, 15) is 19.4 Å². The fraction of sp³-hybridized carbons (Fsp3) is 0.448. The molecule has 3 heterocycles. The molecule has 2 atom stereocenters. The number of aromatic nitrogens is 2. The normalized spacial score (nSPS) is 18.3. The molecule has 3 aromatic rings. The molecule has 0 spiro atoms. The lowest BCUT2D eigenvalue weighted by Crippen LogP contribution is -2.56. The molecular formula is C29H34N6O4S. The summed E-state index contributed by atoms with van der Waals surface area (Å²) in [7, 11) is -1.41. The standard InChI is InChI=1S/C29H34N6O4S/c1-29(2,3)39-28(37)35-14-13-34(17-20(35)9-11-30)26-23-10-12-33(18-24(23)31-27(32-26)40(4)38)25-16-21(36)15-19-7-5-6-8-22(19)25/h5-8,15-16,20,36H,9-10,12-14,17-18H2,1-4H3.